The van der Waals surface area contributed by atoms with Gasteiger partial charge in [0.25, 0.3) is 0 Å². The predicted octanol–water partition coefficient (Wildman–Crippen LogP) is 3.32. The molecule has 2 N–H and O–H groups in total. The van der Waals surface area contributed by atoms with Gasteiger partial charge in [-0.2, -0.15) is 5.26 Å². The number of hydrogen-bond donors (Lipinski definition) is 2. The van der Waals surface area contributed by atoms with Crippen LogP contribution in [0, 0.1) is 24.1 Å². The monoisotopic (exact) mass is 256 g/mol. The highest BCUT2D eigenvalue weighted by Crippen LogP contribution is 2.21. The second-order valence-electron chi connectivity index (χ2n) is 4.27. The van der Waals surface area contributed by atoms with Crippen LogP contribution < -0.4 is 5.32 Å². The lowest BCUT2D eigenvalue weighted by Gasteiger charge is -2.11. The molecule has 4 heteroatoms. The van der Waals surface area contributed by atoms with Crippen molar-refractivity contribution in [3.63, 3.8) is 0 Å². The van der Waals surface area contributed by atoms with Gasteiger partial charge < -0.3 is 10.4 Å². The molecule has 2 rings (SSSR count). The summed E-state index contributed by atoms with van der Waals surface area (Å²) in [5, 5.41) is 21.6. The van der Waals surface area contributed by atoms with Crippen molar-refractivity contribution in [2.75, 3.05) is 5.32 Å². The average molecular weight is 256 g/mol. The Morgan fingerprint density at radius 3 is 2.74 bits per heavy atom. The van der Waals surface area contributed by atoms with Crippen molar-refractivity contribution < 1.29 is 9.50 Å². The van der Waals surface area contributed by atoms with E-state index in [4.69, 9.17) is 5.26 Å². The minimum absolute atomic E-state index is 0.0819. The summed E-state index contributed by atoms with van der Waals surface area (Å²) in [5.41, 5.74) is 2.99. The van der Waals surface area contributed by atoms with Gasteiger partial charge in [-0.15, -0.1) is 0 Å². The van der Waals surface area contributed by atoms with E-state index in [0.29, 0.717) is 17.7 Å². The number of aromatic hydroxyl groups is 1. The van der Waals surface area contributed by atoms with E-state index in [1.807, 2.05) is 13.0 Å². The van der Waals surface area contributed by atoms with Crippen LogP contribution in [0.1, 0.15) is 16.7 Å². The molecule has 0 spiro atoms. The smallest absolute Gasteiger partial charge is 0.126 e. The normalized spacial score (nSPS) is 9.95. The first-order chi connectivity index (χ1) is 9.10. The molecule has 0 saturated carbocycles. The van der Waals surface area contributed by atoms with Crippen molar-refractivity contribution in [3.05, 3.63) is 58.9 Å². The molecule has 96 valence electrons. The number of anilines is 1. The molecule has 0 atom stereocenters. The van der Waals surface area contributed by atoms with Crippen molar-refractivity contribution in [1.82, 2.24) is 0 Å². The Bertz CT molecular complexity index is 647. The minimum atomic E-state index is -0.469. The number of aryl methyl sites for hydroxylation is 1. The fourth-order valence-corrected chi connectivity index (χ4v) is 1.76. The minimum Gasteiger partial charge on any atom is -0.507 e. The van der Waals surface area contributed by atoms with E-state index in [1.165, 1.54) is 12.1 Å². The number of phenols is 1. The molecule has 0 amide bonds. The Hall–Kier alpha value is -2.54. The Kier molecular flexibility index (Phi) is 3.67. The number of nitrogens with zero attached hydrogens (tertiary/aromatic N) is 1. The van der Waals surface area contributed by atoms with Crippen LogP contribution in [0.3, 0.4) is 0 Å². The van der Waals surface area contributed by atoms with Crippen molar-refractivity contribution in [2.24, 2.45) is 0 Å². The zero-order valence-corrected chi connectivity index (χ0v) is 10.4. The molecule has 0 saturated heterocycles. The van der Waals surface area contributed by atoms with Crippen LogP contribution in [0.4, 0.5) is 10.1 Å². The van der Waals surface area contributed by atoms with Gasteiger partial charge >= 0.3 is 0 Å². The largest absolute Gasteiger partial charge is 0.507 e. The summed E-state index contributed by atoms with van der Waals surface area (Å²) in [6.07, 6.45) is 0. The molecule has 19 heavy (non-hydrogen) atoms. The average Bonchev–Trinajstić information content (AvgIpc) is 2.39. The highest BCUT2D eigenvalue weighted by Gasteiger charge is 2.04. The van der Waals surface area contributed by atoms with Crippen LogP contribution in [0.15, 0.2) is 36.4 Å². The number of halogens is 1. The maximum Gasteiger partial charge on any atom is 0.126 e. The second kappa shape index (κ2) is 5.40. The number of phenolic OH excluding ortho intramolecular Hbond substituents is 1. The molecule has 3 nitrogen and oxygen atoms in total. The van der Waals surface area contributed by atoms with Crippen LogP contribution in [0.5, 0.6) is 5.75 Å². The quantitative estimate of drug-likeness (QED) is 0.885. The third-order valence-electron chi connectivity index (χ3n) is 2.88. The summed E-state index contributed by atoms with van der Waals surface area (Å²) in [6, 6.07) is 11.3. The van der Waals surface area contributed by atoms with E-state index in [-0.39, 0.29) is 5.75 Å². The summed E-state index contributed by atoms with van der Waals surface area (Å²) in [7, 11) is 0. The zero-order valence-electron chi connectivity index (χ0n) is 10.4. The Labute approximate surface area is 110 Å². The van der Waals surface area contributed by atoms with Gasteiger partial charge in [-0.05, 0) is 30.7 Å². The van der Waals surface area contributed by atoms with E-state index in [0.717, 1.165) is 17.3 Å². The molecule has 0 aliphatic carbocycles. The fourth-order valence-electron chi connectivity index (χ4n) is 1.76. The SMILES string of the molecule is Cc1ccc(C#N)cc1NCc1ccc(F)cc1O. The van der Waals surface area contributed by atoms with Crippen molar-refractivity contribution in [2.45, 2.75) is 13.5 Å². The van der Waals surface area contributed by atoms with Crippen molar-refractivity contribution in [1.29, 1.82) is 5.26 Å². The van der Waals surface area contributed by atoms with Crippen LogP contribution in [-0.2, 0) is 6.54 Å². The van der Waals surface area contributed by atoms with E-state index < -0.39 is 5.82 Å². The van der Waals surface area contributed by atoms with E-state index in [1.54, 1.807) is 12.1 Å². The number of benzene rings is 2. The van der Waals surface area contributed by atoms with Crippen LogP contribution in [0.25, 0.3) is 0 Å². The first-order valence-corrected chi connectivity index (χ1v) is 5.82. The van der Waals surface area contributed by atoms with Crippen LogP contribution in [0.2, 0.25) is 0 Å². The molecular weight excluding hydrogens is 243 g/mol. The topological polar surface area (TPSA) is 56.0 Å². The van der Waals surface area contributed by atoms with E-state index >= 15 is 0 Å². The molecule has 0 fully saturated rings. The molecule has 0 bridgehead atoms. The zero-order chi connectivity index (χ0) is 13.8. The van der Waals surface area contributed by atoms with Crippen molar-refractivity contribution >= 4 is 5.69 Å². The molecule has 0 unspecified atom stereocenters. The highest BCUT2D eigenvalue weighted by atomic mass is 19.1. The number of nitriles is 1. The first-order valence-electron chi connectivity index (χ1n) is 5.82. The van der Waals surface area contributed by atoms with Gasteiger partial charge in [0.05, 0.1) is 11.6 Å². The standard InChI is InChI=1S/C15H13FN2O/c1-10-2-3-11(8-17)6-14(10)18-9-12-4-5-13(16)7-15(12)19/h2-7,18-19H,9H2,1H3. The van der Waals surface area contributed by atoms with E-state index in [9.17, 15) is 9.50 Å². The molecule has 0 heterocycles. The third kappa shape index (κ3) is 3.02. The van der Waals surface area contributed by atoms with Gasteiger partial charge in [-0.3, -0.25) is 0 Å². The lowest BCUT2D eigenvalue weighted by atomic mass is 10.1. The number of rotatable bonds is 3. The first kappa shape index (κ1) is 12.9. The number of nitrogens with one attached hydrogen (secondary N) is 1. The summed E-state index contributed by atoms with van der Waals surface area (Å²) in [5.74, 6) is -0.550. The fraction of sp³-hybridized carbons (Fsp3) is 0.133. The molecule has 0 radical (unpaired) electrons. The lowest BCUT2D eigenvalue weighted by molar-refractivity contribution is 0.463. The van der Waals surface area contributed by atoms with Crippen LogP contribution in [-0.4, -0.2) is 5.11 Å². The van der Waals surface area contributed by atoms with Gasteiger partial charge in [0.15, 0.2) is 0 Å². The van der Waals surface area contributed by atoms with Gasteiger partial charge in [0.2, 0.25) is 0 Å². The summed E-state index contributed by atoms with van der Waals surface area (Å²) in [4.78, 5) is 0. The second-order valence-corrected chi connectivity index (χ2v) is 4.27. The Balaban J connectivity index is 2.16. The molecule has 2 aromatic rings. The Morgan fingerprint density at radius 2 is 2.05 bits per heavy atom. The predicted molar refractivity (Wildman–Crippen MR) is 71.3 cm³/mol. The van der Waals surface area contributed by atoms with Gasteiger partial charge in [-0.1, -0.05) is 12.1 Å². The lowest BCUT2D eigenvalue weighted by Crippen LogP contribution is -2.02. The van der Waals surface area contributed by atoms with Gasteiger partial charge in [0, 0.05) is 23.9 Å². The molecular formula is C15H13FN2O. The molecule has 0 aliphatic rings. The summed E-state index contributed by atoms with van der Waals surface area (Å²) < 4.78 is 12.9. The van der Waals surface area contributed by atoms with Crippen molar-refractivity contribution in [3.8, 4) is 11.8 Å². The van der Waals surface area contributed by atoms with Crippen LogP contribution >= 0.6 is 0 Å². The third-order valence-corrected chi connectivity index (χ3v) is 2.88. The highest BCUT2D eigenvalue weighted by molar-refractivity contribution is 5.55. The maximum atomic E-state index is 12.9. The summed E-state index contributed by atoms with van der Waals surface area (Å²) in [6.45, 7) is 2.29. The Morgan fingerprint density at radius 1 is 1.26 bits per heavy atom. The maximum absolute atomic E-state index is 12.9. The molecule has 0 aliphatic heterocycles. The number of hydrogen-bond acceptors (Lipinski definition) is 3. The molecule has 0 aromatic heterocycles. The van der Waals surface area contributed by atoms with E-state index in [2.05, 4.69) is 11.4 Å². The van der Waals surface area contributed by atoms with Gasteiger partial charge in [0.1, 0.15) is 11.6 Å². The summed E-state index contributed by atoms with van der Waals surface area (Å²) >= 11 is 0. The molecule has 2 aromatic carbocycles. The van der Waals surface area contributed by atoms with Gasteiger partial charge in [-0.25, -0.2) is 4.39 Å².